The number of ether oxygens (including phenoxy) is 1. The Bertz CT molecular complexity index is 740. The molecule has 0 aromatic heterocycles. The fourth-order valence-corrected chi connectivity index (χ4v) is 7.45. The van der Waals surface area contributed by atoms with Gasteiger partial charge in [0, 0.05) is 43.1 Å². The first-order valence-corrected chi connectivity index (χ1v) is 13.9. The third-order valence-corrected chi connectivity index (χ3v) is 9.44. The molecule has 0 spiro atoms. The first-order chi connectivity index (χ1) is 16.8. The van der Waals surface area contributed by atoms with Gasteiger partial charge in [-0.3, -0.25) is 9.62 Å². The van der Waals surface area contributed by atoms with Crippen LogP contribution in [0.3, 0.4) is 0 Å². The SMILES string of the molecule is C=C(N[C@@H](CCCNS)C(O)O)[C@H]1C(O)CC2CN(C(O)C3CCC4C=COC4C3)CCC2[C@H]1C. The summed E-state index contributed by atoms with van der Waals surface area (Å²) < 4.78 is 8.52. The van der Waals surface area contributed by atoms with Crippen LogP contribution >= 0.6 is 12.8 Å². The maximum Gasteiger partial charge on any atom is 0.172 e. The van der Waals surface area contributed by atoms with Crippen LogP contribution in [0, 0.1) is 35.5 Å². The Kier molecular flexibility index (Phi) is 9.46. The van der Waals surface area contributed by atoms with Crippen molar-refractivity contribution in [3.05, 3.63) is 24.6 Å². The van der Waals surface area contributed by atoms with Gasteiger partial charge in [0.15, 0.2) is 6.29 Å². The zero-order valence-corrected chi connectivity index (χ0v) is 21.8. The van der Waals surface area contributed by atoms with Crippen LogP contribution < -0.4 is 10.0 Å². The van der Waals surface area contributed by atoms with Crippen LogP contribution in [-0.2, 0) is 4.74 Å². The van der Waals surface area contributed by atoms with Crippen molar-refractivity contribution in [2.24, 2.45) is 35.5 Å². The van der Waals surface area contributed by atoms with Crippen LogP contribution in [-0.4, -0.2) is 75.7 Å². The Morgan fingerprint density at radius 2 is 2.03 bits per heavy atom. The molecule has 6 N–H and O–H groups in total. The van der Waals surface area contributed by atoms with Gasteiger partial charge in [0.2, 0.25) is 0 Å². The maximum atomic E-state index is 11.2. The zero-order chi connectivity index (χ0) is 25.1. The number of hydrogen-bond acceptors (Lipinski definition) is 9. The molecule has 8 nitrogen and oxygen atoms in total. The molecular formula is C26H45N3O5S. The number of nitrogens with one attached hydrogen (secondary N) is 2. The molecule has 0 aromatic carbocycles. The second-order valence-electron chi connectivity index (χ2n) is 11.3. The summed E-state index contributed by atoms with van der Waals surface area (Å²) in [7, 11) is 0. The average Bonchev–Trinajstić information content (AvgIpc) is 3.30. The van der Waals surface area contributed by atoms with E-state index in [1.807, 2.05) is 6.26 Å². The molecule has 35 heavy (non-hydrogen) atoms. The zero-order valence-electron chi connectivity index (χ0n) is 20.9. The lowest BCUT2D eigenvalue weighted by molar-refractivity contribution is -0.117. The molecule has 0 bridgehead atoms. The van der Waals surface area contributed by atoms with E-state index in [0.717, 1.165) is 45.2 Å². The van der Waals surface area contributed by atoms with E-state index in [1.54, 1.807) is 0 Å². The molecule has 9 heteroatoms. The molecule has 4 aliphatic rings. The number of hydrogen-bond donors (Lipinski definition) is 7. The lowest BCUT2D eigenvalue weighted by Crippen LogP contribution is -2.56. The molecule has 0 amide bonds. The number of nitrogens with zero attached hydrogens (tertiary/aromatic N) is 1. The molecule has 1 saturated heterocycles. The fourth-order valence-electron chi connectivity index (χ4n) is 7.29. The second-order valence-corrected chi connectivity index (χ2v) is 11.6. The van der Waals surface area contributed by atoms with Gasteiger partial charge >= 0.3 is 0 Å². The highest BCUT2D eigenvalue weighted by molar-refractivity contribution is 7.78. The smallest absolute Gasteiger partial charge is 0.172 e. The van der Waals surface area contributed by atoms with Crippen molar-refractivity contribution >= 4 is 12.8 Å². The van der Waals surface area contributed by atoms with E-state index in [9.17, 15) is 20.4 Å². The van der Waals surface area contributed by atoms with Gasteiger partial charge in [-0.25, -0.2) is 0 Å². The van der Waals surface area contributed by atoms with E-state index in [1.165, 1.54) is 0 Å². The van der Waals surface area contributed by atoms with E-state index in [0.29, 0.717) is 42.8 Å². The summed E-state index contributed by atoms with van der Waals surface area (Å²) in [6.07, 6.45) is 7.64. The molecule has 200 valence electrons. The minimum Gasteiger partial charge on any atom is -0.498 e. The van der Waals surface area contributed by atoms with E-state index >= 15 is 0 Å². The molecule has 7 unspecified atom stereocenters. The third-order valence-electron chi connectivity index (χ3n) is 9.22. The highest BCUT2D eigenvalue weighted by atomic mass is 32.1. The minimum absolute atomic E-state index is 0.140. The van der Waals surface area contributed by atoms with E-state index in [4.69, 9.17) is 4.74 Å². The van der Waals surface area contributed by atoms with Gasteiger partial charge in [-0.2, -0.15) is 0 Å². The molecule has 0 radical (unpaired) electrons. The van der Waals surface area contributed by atoms with Crippen LogP contribution in [0.25, 0.3) is 0 Å². The third kappa shape index (κ3) is 6.20. The highest BCUT2D eigenvalue weighted by Gasteiger charge is 2.47. The van der Waals surface area contributed by atoms with Crippen molar-refractivity contribution in [2.75, 3.05) is 19.6 Å². The van der Waals surface area contributed by atoms with Crippen molar-refractivity contribution in [3.8, 4) is 0 Å². The van der Waals surface area contributed by atoms with E-state index in [-0.39, 0.29) is 23.9 Å². The molecule has 2 aliphatic heterocycles. The molecule has 0 aromatic rings. The number of aliphatic hydroxyl groups is 4. The van der Waals surface area contributed by atoms with Gasteiger partial charge in [-0.1, -0.05) is 26.3 Å². The van der Waals surface area contributed by atoms with Crippen LogP contribution in [0.5, 0.6) is 0 Å². The largest absolute Gasteiger partial charge is 0.498 e. The fraction of sp³-hybridized carbons (Fsp3) is 0.846. The van der Waals surface area contributed by atoms with E-state index < -0.39 is 24.7 Å². The number of thiol groups is 1. The molecule has 2 heterocycles. The standard InChI is InChI=1S/C26H45N3O5S/c1-15-20-7-10-29(25(31)18-6-5-17-8-11-34-23(17)13-18)14-19(20)12-22(30)24(15)16(2)28-21(26(32)33)4-3-9-27-35/h8,11,15,17-28,30-33,35H,2-7,9-10,12-14H2,1H3/t15-,17?,18?,19?,20?,21+,22?,23?,24+,25?/m1/s1. The van der Waals surface area contributed by atoms with Gasteiger partial charge in [-0.05, 0) is 68.8 Å². The summed E-state index contributed by atoms with van der Waals surface area (Å²) in [5.41, 5.74) is 0.685. The van der Waals surface area contributed by atoms with E-state index in [2.05, 4.69) is 47.3 Å². The first-order valence-electron chi connectivity index (χ1n) is 13.4. The Morgan fingerprint density at radius 3 is 2.77 bits per heavy atom. The Balaban J connectivity index is 1.32. The van der Waals surface area contributed by atoms with Gasteiger partial charge in [-0.15, -0.1) is 0 Å². The Labute approximate surface area is 215 Å². The van der Waals surface area contributed by atoms with Crippen molar-refractivity contribution in [1.82, 2.24) is 14.9 Å². The minimum atomic E-state index is -1.50. The summed E-state index contributed by atoms with van der Waals surface area (Å²) in [6, 6.07) is -0.535. The molecule has 4 rings (SSSR count). The van der Waals surface area contributed by atoms with Crippen molar-refractivity contribution in [2.45, 2.75) is 82.6 Å². The molecule has 10 atom stereocenters. The number of aliphatic hydroxyl groups excluding tert-OH is 3. The van der Waals surface area contributed by atoms with Crippen molar-refractivity contribution in [3.63, 3.8) is 0 Å². The van der Waals surface area contributed by atoms with Crippen LogP contribution in [0.4, 0.5) is 0 Å². The molecule has 3 fully saturated rings. The number of piperidine rings is 1. The van der Waals surface area contributed by atoms with Gasteiger partial charge in [0.25, 0.3) is 0 Å². The summed E-state index contributed by atoms with van der Waals surface area (Å²) in [4.78, 5) is 2.23. The predicted molar refractivity (Wildman–Crippen MR) is 138 cm³/mol. The lowest BCUT2D eigenvalue weighted by atomic mass is 9.62. The average molecular weight is 512 g/mol. The molecule has 2 aliphatic carbocycles. The molecule has 2 saturated carbocycles. The van der Waals surface area contributed by atoms with Gasteiger partial charge in [0.05, 0.1) is 18.4 Å². The number of fused-ring (bicyclic) bond motifs is 2. The second kappa shape index (κ2) is 12.2. The quantitative estimate of drug-likeness (QED) is 0.134. The normalized spacial score (nSPS) is 38.9. The number of likely N-dealkylation sites (tertiary alicyclic amines) is 1. The van der Waals surface area contributed by atoms with Crippen molar-refractivity contribution < 1.29 is 25.2 Å². The summed E-state index contributed by atoms with van der Waals surface area (Å²) in [5, 5.41) is 45.2. The van der Waals surface area contributed by atoms with Gasteiger partial charge < -0.3 is 30.5 Å². The maximum absolute atomic E-state index is 11.2. The van der Waals surface area contributed by atoms with Crippen LogP contribution in [0.15, 0.2) is 24.6 Å². The highest BCUT2D eigenvalue weighted by Crippen LogP contribution is 2.46. The Morgan fingerprint density at radius 1 is 1.23 bits per heavy atom. The summed E-state index contributed by atoms with van der Waals surface area (Å²) in [5.74, 6) is 1.58. The number of rotatable bonds is 10. The summed E-state index contributed by atoms with van der Waals surface area (Å²) in [6.45, 7) is 8.72. The first kappa shape index (κ1) is 27.2. The van der Waals surface area contributed by atoms with Gasteiger partial charge in [0.1, 0.15) is 12.3 Å². The predicted octanol–water partition coefficient (Wildman–Crippen LogP) is 1.59. The monoisotopic (exact) mass is 511 g/mol. The van der Waals surface area contributed by atoms with Crippen LogP contribution in [0.1, 0.15) is 51.9 Å². The lowest BCUT2D eigenvalue weighted by Gasteiger charge is -2.51. The van der Waals surface area contributed by atoms with Crippen molar-refractivity contribution in [1.29, 1.82) is 0 Å². The summed E-state index contributed by atoms with van der Waals surface area (Å²) >= 11 is 3.99. The van der Waals surface area contributed by atoms with Crippen LogP contribution in [0.2, 0.25) is 0 Å². The molecular weight excluding hydrogens is 466 g/mol. The topological polar surface area (TPSA) is 117 Å². The Hall–Kier alpha value is -0.810.